The first-order valence-electron chi connectivity index (χ1n) is 9.03. The summed E-state index contributed by atoms with van der Waals surface area (Å²) in [7, 11) is 3.74. The predicted octanol–water partition coefficient (Wildman–Crippen LogP) is 3.90. The van der Waals surface area contributed by atoms with Gasteiger partial charge in [-0.15, -0.1) is 24.0 Å². The Morgan fingerprint density at radius 2 is 1.93 bits per heavy atom. The molecule has 0 amide bonds. The van der Waals surface area contributed by atoms with E-state index in [1.165, 1.54) is 0 Å². The molecule has 7 nitrogen and oxygen atoms in total. The third kappa shape index (κ3) is 5.00. The molecule has 2 aromatic carbocycles. The number of aliphatic imine (C=N–C) groups is 1. The van der Waals surface area contributed by atoms with Crippen molar-refractivity contribution >= 4 is 29.9 Å². The lowest BCUT2D eigenvalue weighted by Crippen LogP contribution is -2.38. The molecule has 0 atom stereocenters. The number of aromatic nitrogens is 1. The standard InChI is InChI=1S/C21H22N4O3.HI/c1-22-21(25(2)12-15-8-9-18-19(10-15)28-14-27-18)23-11-17-13-26-20(24-17)16-6-4-3-5-7-16;/h3-10,13H,11-12,14H2,1-2H3,(H,22,23);1H. The summed E-state index contributed by atoms with van der Waals surface area (Å²) in [5, 5.41) is 3.32. The number of halogens is 1. The number of oxazole rings is 1. The topological polar surface area (TPSA) is 72.1 Å². The molecule has 0 radical (unpaired) electrons. The number of ether oxygens (including phenoxy) is 2. The lowest BCUT2D eigenvalue weighted by Gasteiger charge is -2.22. The highest BCUT2D eigenvalue weighted by atomic mass is 127. The second-order valence-corrected chi connectivity index (χ2v) is 6.45. The van der Waals surface area contributed by atoms with Gasteiger partial charge < -0.3 is 24.1 Å². The van der Waals surface area contributed by atoms with E-state index in [9.17, 15) is 0 Å². The lowest BCUT2D eigenvalue weighted by molar-refractivity contribution is 0.174. The monoisotopic (exact) mass is 506 g/mol. The third-order valence-electron chi connectivity index (χ3n) is 4.43. The van der Waals surface area contributed by atoms with E-state index in [1.807, 2.05) is 60.5 Å². The molecule has 1 aromatic heterocycles. The van der Waals surface area contributed by atoms with E-state index in [1.54, 1.807) is 13.3 Å². The summed E-state index contributed by atoms with van der Waals surface area (Å²) in [6, 6.07) is 15.8. The van der Waals surface area contributed by atoms with Crippen LogP contribution in [0.2, 0.25) is 0 Å². The van der Waals surface area contributed by atoms with E-state index in [0.29, 0.717) is 19.0 Å². The maximum Gasteiger partial charge on any atom is 0.231 e. The smallest absolute Gasteiger partial charge is 0.231 e. The molecule has 0 saturated heterocycles. The SMILES string of the molecule is CN=C(NCc1coc(-c2ccccc2)n1)N(C)Cc1ccc2c(c1)OCO2.I. The van der Waals surface area contributed by atoms with Crippen LogP contribution in [0.5, 0.6) is 11.5 Å². The van der Waals surface area contributed by atoms with Crippen molar-refractivity contribution in [3.63, 3.8) is 0 Å². The fraction of sp³-hybridized carbons (Fsp3) is 0.238. The van der Waals surface area contributed by atoms with E-state index in [-0.39, 0.29) is 30.8 Å². The number of nitrogens with zero attached hydrogens (tertiary/aromatic N) is 3. The summed E-state index contributed by atoms with van der Waals surface area (Å²) < 4.78 is 16.4. The summed E-state index contributed by atoms with van der Waals surface area (Å²) in [5.41, 5.74) is 2.89. The second kappa shape index (κ2) is 9.64. The molecule has 1 aliphatic rings. The molecule has 4 rings (SSSR count). The van der Waals surface area contributed by atoms with Crippen LogP contribution in [-0.2, 0) is 13.1 Å². The number of rotatable bonds is 5. The summed E-state index contributed by atoms with van der Waals surface area (Å²) in [6.07, 6.45) is 1.67. The van der Waals surface area contributed by atoms with Crippen LogP contribution in [0.15, 0.2) is 64.2 Å². The zero-order valence-corrected chi connectivity index (χ0v) is 18.6. The van der Waals surface area contributed by atoms with Crippen molar-refractivity contribution in [2.24, 2.45) is 4.99 Å². The molecule has 3 aromatic rings. The molecule has 0 saturated carbocycles. The molecule has 0 bridgehead atoms. The Labute approximate surface area is 186 Å². The van der Waals surface area contributed by atoms with Gasteiger partial charge >= 0.3 is 0 Å². The largest absolute Gasteiger partial charge is 0.454 e. The quantitative estimate of drug-likeness (QED) is 0.322. The van der Waals surface area contributed by atoms with Gasteiger partial charge in [0.2, 0.25) is 12.7 Å². The summed E-state index contributed by atoms with van der Waals surface area (Å²) in [5.74, 6) is 2.95. The van der Waals surface area contributed by atoms with E-state index < -0.39 is 0 Å². The molecule has 152 valence electrons. The van der Waals surface area contributed by atoms with Gasteiger partial charge in [-0.2, -0.15) is 0 Å². The Kier molecular flexibility index (Phi) is 6.97. The van der Waals surface area contributed by atoms with Crippen molar-refractivity contribution in [1.29, 1.82) is 0 Å². The van der Waals surface area contributed by atoms with Gasteiger partial charge in [-0.25, -0.2) is 4.98 Å². The first-order chi connectivity index (χ1) is 13.7. The zero-order valence-electron chi connectivity index (χ0n) is 16.3. The molecule has 0 unspecified atom stereocenters. The molecule has 0 fully saturated rings. The van der Waals surface area contributed by atoms with Gasteiger partial charge in [0.15, 0.2) is 17.5 Å². The van der Waals surface area contributed by atoms with Crippen LogP contribution in [-0.4, -0.2) is 36.7 Å². The van der Waals surface area contributed by atoms with Crippen LogP contribution in [0, 0.1) is 0 Å². The van der Waals surface area contributed by atoms with Crippen LogP contribution in [0.25, 0.3) is 11.5 Å². The second-order valence-electron chi connectivity index (χ2n) is 6.45. The molecule has 1 aliphatic heterocycles. The van der Waals surface area contributed by atoms with Crippen LogP contribution < -0.4 is 14.8 Å². The van der Waals surface area contributed by atoms with E-state index >= 15 is 0 Å². The minimum absolute atomic E-state index is 0. The zero-order chi connectivity index (χ0) is 19.3. The van der Waals surface area contributed by atoms with Crippen molar-refractivity contribution in [3.8, 4) is 23.0 Å². The van der Waals surface area contributed by atoms with E-state index in [2.05, 4.69) is 15.3 Å². The van der Waals surface area contributed by atoms with Crippen LogP contribution in [0.3, 0.4) is 0 Å². The Morgan fingerprint density at radius 3 is 2.72 bits per heavy atom. The van der Waals surface area contributed by atoms with Crippen LogP contribution in [0.1, 0.15) is 11.3 Å². The van der Waals surface area contributed by atoms with Gasteiger partial charge in [0.1, 0.15) is 6.26 Å². The van der Waals surface area contributed by atoms with Crippen LogP contribution >= 0.6 is 24.0 Å². The highest BCUT2D eigenvalue weighted by molar-refractivity contribution is 14.0. The Hall–Kier alpha value is -2.75. The third-order valence-corrected chi connectivity index (χ3v) is 4.43. The minimum Gasteiger partial charge on any atom is -0.454 e. The Bertz CT molecular complexity index is 975. The van der Waals surface area contributed by atoms with Crippen molar-refractivity contribution in [3.05, 3.63) is 66.1 Å². The fourth-order valence-electron chi connectivity index (χ4n) is 3.04. The first kappa shape index (κ1) is 21.0. The number of guanidine groups is 1. The average molecular weight is 506 g/mol. The van der Waals surface area contributed by atoms with Crippen LogP contribution in [0.4, 0.5) is 0 Å². The Morgan fingerprint density at radius 1 is 1.14 bits per heavy atom. The molecular formula is C21H23IN4O3. The minimum atomic E-state index is 0. The molecular weight excluding hydrogens is 483 g/mol. The van der Waals surface area contributed by atoms with Gasteiger partial charge in [0, 0.05) is 26.2 Å². The number of hydrogen-bond acceptors (Lipinski definition) is 5. The first-order valence-corrected chi connectivity index (χ1v) is 9.03. The Balaban J connectivity index is 0.00000240. The highest BCUT2D eigenvalue weighted by Gasteiger charge is 2.15. The van der Waals surface area contributed by atoms with Crippen molar-refractivity contribution < 1.29 is 13.9 Å². The maximum absolute atomic E-state index is 5.59. The van der Waals surface area contributed by atoms with Crippen molar-refractivity contribution in [1.82, 2.24) is 15.2 Å². The average Bonchev–Trinajstić information content (AvgIpc) is 3.38. The number of fused-ring (bicyclic) bond motifs is 1. The highest BCUT2D eigenvalue weighted by Crippen LogP contribution is 2.32. The molecule has 2 heterocycles. The number of nitrogens with one attached hydrogen (secondary N) is 1. The van der Waals surface area contributed by atoms with Gasteiger partial charge in [0.05, 0.1) is 12.2 Å². The lowest BCUT2D eigenvalue weighted by atomic mass is 10.2. The molecule has 0 aliphatic carbocycles. The van der Waals surface area contributed by atoms with Gasteiger partial charge in [-0.3, -0.25) is 4.99 Å². The summed E-state index contributed by atoms with van der Waals surface area (Å²) >= 11 is 0. The summed E-state index contributed by atoms with van der Waals surface area (Å²) in [4.78, 5) is 10.9. The van der Waals surface area contributed by atoms with Gasteiger partial charge in [-0.05, 0) is 29.8 Å². The van der Waals surface area contributed by atoms with E-state index in [0.717, 1.165) is 34.3 Å². The maximum atomic E-state index is 5.59. The molecule has 1 N–H and O–H groups in total. The summed E-state index contributed by atoms with van der Waals surface area (Å²) in [6.45, 7) is 1.49. The predicted molar refractivity (Wildman–Crippen MR) is 122 cm³/mol. The number of hydrogen-bond donors (Lipinski definition) is 1. The molecule has 8 heteroatoms. The van der Waals surface area contributed by atoms with Crippen molar-refractivity contribution in [2.75, 3.05) is 20.9 Å². The number of benzene rings is 2. The van der Waals surface area contributed by atoms with Gasteiger partial charge in [-0.1, -0.05) is 24.3 Å². The normalized spacial score (nSPS) is 12.4. The molecule has 29 heavy (non-hydrogen) atoms. The fourth-order valence-corrected chi connectivity index (χ4v) is 3.04. The van der Waals surface area contributed by atoms with E-state index in [4.69, 9.17) is 13.9 Å². The van der Waals surface area contributed by atoms with Crippen molar-refractivity contribution in [2.45, 2.75) is 13.1 Å². The molecule has 0 spiro atoms. The van der Waals surface area contributed by atoms with Gasteiger partial charge in [0.25, 0.3) is 0 Å².